The highest BCUT2D eigenvalue weighted by molar-refractivity contribution is 9.10. The zero-order chi connectivity index (χ0) is 23.5. The van der Waals surface area contributed by atoms with Gasteiger partial charge in [-0.25, -0.2) is 4.79 Å². The summed E-state index contributed by atoms with van der Waals surface area (Å²) in [6, 6.07) is 18.2. The Morgan fingerprint density at radius 3 is 2.55 bits per heavy atom. The van der Waals surface area contributed by atoms with Crippen LogP contribution < -0.4 is 10.4 Å². The van der Waals surface area contributed by atoms with Crippen LogP contribution in [0.2, 0.25) is 5.02 Å². The van der Waals surface area contributed by atoms with Crippen molar-refractivity contribution in [3.05, 3.63) is 97.3 Å². The van der Waals surface area contributed by atoms with E-state index in [1.165, 1.54) is 0 Å². The normalized spacial score (nSPS) is 10.9. The minimum absolute atomic E-state index is 0.0860. The number of methoxy groups -OCH3 is 1. The van der Waals surface area contributed by atoms with Crippen molar-refractivity contribution in [1.29, 1.82) is 0 Å². The first-order valence-electron chi connectivity index (χ1n) is 10.2. The summed E-state index contributed by atoms with van der Waals surface area (Å²) in [6.07, 6.45) is -0.224. The van der Waals surface area contributed by atoms with Gasteiger partial charge < -0.3 is 13.9 Å². The van der Waals surface area contributed by atoms with Crippen LogP contribution in [0.1, 0.15) is 16.7 Å². The summed E-state index contributed by atoms with van der Waals surface area (Å²) in [5.41, 5.74) is 3.06. The second-order valence-electron chi connectivity index (χ2n) is 7.54. The highest BCUT2D eigenvalue weighted by atomic mass is 79.9. The molecule has 0 fully saturated rings. The molecule has 4 aromatic rings. The lowest BCUT2D eigenvalue weighted by Crippen LogP contribution is -2.17. The summed E-state index contributed by atoms with van der Waals surface area (Å²) in [6.45, 7) is 1.96. The predicted octanol–water partition coefficient (Wildman–Crippen LogP) is 6.48. The molecule has 1 aromatic heterocycles. The van der Waals surface area contributed by atoms with E-state index < -0.39 is 11.6 Å². The number of hydrogen-bond acceptors (Lipinski definition) is 5. The van der Waals surface area contributed by atoms with E-state index in [0.29, 0.717) is 27.3 Å². The van der Waals surface area contributed by atoms with E-state index in [9.17, 15) is 9.59 Å². The van der Waals surface area contributed by atoms with Crippen LogP contribution in [-0.4, -0.2) is 13.1 Å². The molecule has 0 radical (unpaired) electrons. The maximum absolute atomic E-state index is 12.9. The molecule has 0 aliphatic rings. The van der Waals surface area contributed by atoms with Crippen molar-refractivity contribution < 1.29 is 18.7 Å². The Labute approximate surface area is 204 Å². The van der Waals surface area contributed by atoms with Crippen molar-refractivity contribution in [3.8, 4) is 16.9 Å². The van der Waals surface area contributed by atoms with Crippen molar-refractivity contribution >= 4 is 44.5 Å². The number of halogens is 2. The number of carbonyl (C=O) groups is 1. The molecule has 0 unspecified atom stereocenters. The fourth-order valence-corrected chi connectivity index (χ4v) is 4.14. The van der Waals surface area contributed by atoms with Gasteiger partial charge in [0.2, 0.25) is 0 Å². The maximum atomic E-state index is 12.9. The van der Waals surface area contributed by atoms with Gasteiger partial charge in [0, 0.05) is 26.5 Å². The SMILES string of the molecule is COc1ccc(COC(=O)Cc2c(-c3cccc(Br)c3)c3cc(C)c(Cl)cc3oc2=O)cc1. The number of hydrogen-bond donors (Lipinski definition) is 0. The Morgan fingerprint density at radius 2 is 1.85 bits per heavy atom. The molecular formula is C26H20BrClO5. The smallest absolute Gasteiger partial charge is 0.340 e. The van der Waals surface area contributed by atoms with E-state index in [4.69, 9.17) is 25.5 Å². The van der Waals surface area contributed by atoms with E-state index in [1.807, 2.05) is 49.4 Å². The highest BCUT2D eigenvalue weighted by Gasteiger charge is 2.21. The first kappa shape index (κ1) is 23.1. The number of rotatable bonds is 6. The van der Waals surface area contributed by atoms with E-state index >= 15 is 0 Å². The molecule has 168 valence electrons. The van der Waals surface area contributed by atoms with Gasteiger partial charge in [-0.05, 0) is 53.9 Å². The molecule has 5 nitrogen and oxygen atoms in total. The molecule has 7 heteroatoms. The third-order valence-electron chi connectivity index (χ3n) is 5.27. The monoisotopic (exact) mass is 526 g/mol. The van der Waals surface area contributed by atoms with Gasteiger partial charge in [0.25, 0.3) is 0 Å². The van der Waals surface area contributed by atoms with Gasteiger partial charge in [-0.2, -0.15) is 0 Å². The first-order valence-corrected chi connectivity index (χ1v) is 11.3. The molecule has 0 N–H and O–H groups in total. The van der Waals surface area contributed by atoms with Crippen LogP contribution in [0, 0.1) is 6.92 Å². The van der Waals surface area contributed by atoms with Gasteiger partial charge >= 0.3 is 11.6 Å². The Balaban J connectivity index is 1.72. The zero-order valence-corrected chi connectivity index (χ0v) is 20.3. The second-order valence-corrected chi connectivity index (χ2v) is 8.86. The number of carbonyl (C=O) groups excluding carboxylic acids is 1. The number of ether oxygens (including phenoxy) is 2. The van der Waals surface area contributed by atoms with Gasteiger partial charge in [0.15, 0.2) is 0 Å². The van der Waals surface area contributed by atoms with Gasteiger partial charge in [-0.3, -0.25) is 4.79 Å². The largest absolute Gasteiger partial charge is 0.497 e. The van der Waals surface area contributed by atoms with Crippen LogP contribution in [0.5, 0.6) is 5.75 Å². The zero-order valence-electron chi connectivity index (χ0n) is 18.0. The molecule has 1 heterocycles. The van der Waals surface area contributed by atoms with Crippen LogP contribution in [0.25, 0.3) is 22.1 Å². The summed E-state index contributed by atoms with van der Waals surface area (Å²) in [5, 5.41) is 1.20. The van der Waals surface area contributed by atoms with Gasteiger partial charge in [-0.15, -0.1) is 0 Å². The molecule has 4 rings (SSSR count). The lowest BCUT2D eigenvalue weighted by Gasteiger charge is -2.13. The molecule has 0 amide bonds. The molecule has 3 aromatic carbocycles. The van der Waals surface area contributed by atoms with Crippen LogP contribution in [0.3, 0.4) is 0 Å². The van der Waals surface area contributed by atoms with Crippen LogP contribution >= 0.6 is 27.5 Å². The fraction of sp³-hybridized carbons (Fsp3) is 0.154. The number of benzene rings is 3. The van der Waals surface area contributed by atoms with Crippen molar-refractivity contribution in [2.24, 2.45) is 0 Å². The van der Waals surface area contributed by atoms with Gasteiger partial charge in [-0.1, -0.05) is 51.8 Å². The van der Waals surface area contributed by atoms with Gasteiger partial charge in [0.1, 0.15) is 17.9 Å². The summed E-state index contributed by atoms with van der Waals surface area (Å²) in [5.74, 6) is 0.187. The molecule has 0 atom stereocenters. The van der Waals surface area contributed by atoms with Gasteiger partial charge in [0.05, 0.1) is 19.1 Å². The standard InChI is InChI=1S/C26H20BrClO5/c1-15-10-20-23(13-22(15)28)33-26(30)21(25(20)17-4-3-5-18(27)11-17)12-24(29)32-14-16-6-8-19(31-2)9-7-16/h3-11,13H,12,14H2,1-2H3. The summed E-state index contributed by atoms with van der Waals surface area (Å²) in [7, 11) is 1.59. The number of fused-ring (bicyclic) bond motifs is 1. The van der Waals surface area contributed by atoms with E-state index in [1.54, 1.807) is 25.3 Å². The number of esters is 1. The summed E-state index contributed by atoms with van der Waals surface area (Å²) < 4.78 is 17.0. The first-order chi connectivity index (χ1) is 15.9. The maximum Gasteiger partial charge on any atom is 0.340 e. The lowest BCUT2D eigenvalue weighted by atomic mass is 9.94. The third-order valence-corrected chi connectivity index (χ3v) is 6.17. The van der Waals surface area contributed by atoms with Crippen molar-refractivity contribution in [2.45, 2.75) is 20.0 Å². The molecule has 0 spiro atoms. The lowest BCUT2D eigenvalue weighted by molar-refractivity contribution is -0.144. The number of aryl methyl sites for hydroxylation is 1. The molecule has 0 aliphatic carbocycles. The average Bonchev–Trinajstić information content (AvgIpc) is 2.80. The quantitative estimate of drug-likeness (QED) is 0.212. The molecule has 0 saturated heterocycles. The predicted molar refractivity (Wildman–Crippen MR) is 132 cm³/mol. The second kappa shape index (κ2) is 9.81. The van der Waals surface area contributed by atoms with Crippen molar-refractivity contribution in [2.75, 3.05) is 7.11 Å². The third kappa shape index (κ3) is 5.13. The van der Waals surface area contributed by atoms with Crippen LogP contribution in [0.15, 0.2) is 74.3 Å². The highest BCUT2D eigenvalue weighted by Crippen LogP contribution is 2.35. The average molecular weight is 528 g/mol. The molecule has 0 saturated carbocycles. The Morgan fingerprint density at radius 1 is 1.09 bits per heavy atom. The summed E-state index contributed by atoms with van der Waals surface area (Å²) in [4.78, 5) is 25.7. The Kier molecular flexibility index (Phi) is 6.86. The summed E-state index contributed by atoms with van der Waals surface area (Å²) >= 11 is 9.74. The van der Waals surface area contributed by atoms with E-state index in [-0.39, 0.29) is 18.6 Å². The van der Waals surface area contributed by atoms with Crippen molar-refractivity contribution in [3.63, 3.8) is 0 Å². The molecule has 0 bridgehead atoms. The van der Waals surface area contributed by atoms with E-state index in [2.05, 4.69) is 15.9 Å². The minimum atomic E-state index is -0.598. The minimum Gasteiger partial charge on any atom is -0.497 e. The van der Waals surface area contributed by atoms with E-state index in [0.717, 1.165) is 21.2 Å². The Bertz CT molecular complexity index is 1390. The van der Waals surface area contributed by atoms with Crippen LogP contribution in [-0.2, 0) is 22.6 Å². The molecular weight excluding hydrogens is 508 g/mol. The molecule has 33 heavy (non-hydrogen) atoms. The Hall–Kier alpha value is -3.09. The topological polar surface area (TPSA) is 65.7 Å². The van der Waals surface area contributed by atoms with Crippen molar-refractivity contribution in [1.82, 2.24) is 0 Å². The fourth-order valence-electron chi connectivity index (χ4n) is 3.58. The van der Waals surface area contributed by atoms with Crippen LogP contribution in [0.4, 0.5) is 0 Å². The molecule has 0 aliphatic heterocycles.